The van der Waals surface area contributed by atoms with Gasteiger partial charge in [0.15, 0.2) is 0 Å². The molecule has 1 atom stereocenters. The molecule has 0 fully saturated rings. The first-order chi connectivity index (χ1) is 11.5. The van der Waals surface area contributed by atoms with E-state index in [2.05, 4.69) is 17.6 Å². The van der Waals surface area contributed by atoms with E-state index in [-0.39, 0.29) is 12.1 Å². The van der Waals surface area contributed by atoms with Gasteiger partial charge in [-0.2, -0.15) is 0 Å². The fourth-order valence-electron chi connectivity index (χ4n) is 2.43. The quantitative estimate of drug-likeness (QED) is 0.627. The molecule has 0 spiro atoms. The predicted octanol–water partition coefficient (Wildman–Crippen LogP) is 6.22. The molecule has 2 aromatic rings. The number of carbonyl (C=O) groups excluding carboxylic acids is 1. The Bertz CT molecular complexity index is 686. The molecule has 0 aliphatic rings. The van der Waals surface area contributed by atoms with Crippen LogP contribution >= 0.6 is 23.2 Å². The minimum absolute atomic E-state index is 0.224. The second kappa shape index (κ2) is 8.95. The van der Waals surface area contributed by atoms with Crippen LogP contribution in [0.5, 0.6) is 0 Å². The molecule has 0 aromatic heterocycles. The second-order valence-corrected chi connectivity index (χ2v) is 6.63. The summed E-state index contributed by atoms with van der Waals surface area (Å²) in [6, 6.07) is 12.7. The van der Waals surface area contributed by atoms with Gasteiger partial charge in [0, 0.05) is 15.7 Å². The number of nitrogens with one attached hydrogen (secondary N) is 2. The lowest BCUT2D eigenvalue weighted by molar-refractivity contribution is 0.249. The number of hydrogen-bond donors (Lipinski definition) is 2. The monoisotopic (exact) mass is 364 g/mol. The first kappa shape index (κ1) is 18.6. The van der Waals surface area contributed by atoms with E-state index in [9.17, 15) is 4.79 Å². The smallest absolute Gasteiger partial charge is 0.319 e. The highest BCUT2D eigenvalue weighted by Gasteiger charge is 2.13. The summed E-state index contributed by atoms with van der Waals surface area (Å²) in [5, 5.41) is 6.82. The van der Waals surface area contributed by atoms with E-state index in [1.165, 1.54) is 18.4 Å². The van der Waals surface area contributed by atoms with Crippen molar-refractivity contribution in [2.75, 3.05) is 5.32 Å². The van der Waals surface area contributed by atoms with Crippen molar-refractivity contribution in [3.05, 3.63) is 63.6 Å². The van der Waals surface area contributed by atoms with Gasteiger partial charge in [-0.05, 0) is 55.2 Å². The minimum Gasteiger partial charge on any atom is -0.331 e. The van der Waals surface area contributed by atoms with Gasteiger partial charge in [-0.25, -0.2) is 4.79 Å². The van der Waals surface area contributed by atoms with E-state index in [0.29, 0.717) is 10.0 Å². The van der Waals surface area contributed by atoms with E-state index >= 15 is 0 Å². The standard InChI is InChI=1S/C19H22Cl2N2O/c1-3-4-5-14-6-9-16(10-7-14)23-19(24)22-13(2)17-11-8-15(20)12-18(17)21/h6-13H,3-5H2,1-2H3,(H2,22,23,24). The van der Waals surface area contributed by atoms with Crippen molar-refractivity contribution in [3.63, 3.8) is 0 Å². The van der Waals surface area contributed by atoms with Gasteiger partial charge >= 0.3 is 6.03 Å². The molecule has 5 heteroatoms. The topological polar surface area (TPSA) is 41.1 Å². The molecule has 2 amide bonds. The average molecular weight is 365 g/mol. The van der Waals surface area contributed by atoms with Crippen LogP contribution in [-0.2, 0) is 6.42 Å². The first-order valence-corrected chi connectivity index (χ1v) is 8.86. The zero-order valence-electron chi connectivity index (χ0n) is 13.9. The number of halogens is 2. The summed E-state index contributed by atoms with van der Waals surface area (Å²) in [7, 11) is 0. The van der Waals surface area contributed by atoms with E-state index < -0.39 is 0 Å². The molecule has 0 aliphatic carbocycles. The normalized spacial score (nSPS) is 11.8. The molecule has 0 bridgehead atoms. The molecule has 2 aromatic carbocycles. The van der Waals surface area contributed by atoms with Crippen molar-refractivity contribution >= 4 is 34.9 Å². The molecule has 0 saturated heterocycles. The Morgan fingerprint density at radius 3 is 2.46 bits per heavy atom. The Balaban J connectivity index is 1.92. The largest absolute Gasteiger partial charge is 0.331 e. The number of urea groups is 1. The number of rotatable bonds is 6. The van der Waals surface area contributed by atoms with Crippen molar-refractivity contribution in [3.8, 4) is 0 Å². The van der Waals surface area contributed by atoms with Crippen LogP contribution in [-0.4, -0.2) is 6.03 Å². The number of amides is 2. The predicted molar refractivity (Wildman–Crippen MR) is 102 cm³/mol. The van der Waals surface area contributed by atoms with Gasteiger partial charge in [-0.15, -0.1) is 0 Å². The van der Waals surface area contributed by atoms with Crippen molar-refractivity contribution in [1.82, 2.24) is 5.32 Å². The van der Waals surface area contributed by atoms with E-state index in [1.54, 1.807) is 12.1 Å². The number of anilines is 1. The molecule has 2 rings (SSSR count). The minimum atomic E-state index is -0.269. The molecule has 2 N–H and O–H groups in total. The molecule has 1 unspecified atom stereocenters. The van der Waals surface area contributed by atoms with Gasteiger partial charge in [-0.1, -0.05) is 54.7 Å². The second-order valence-electron chi connectivity index (χ2n) is 5.79. The third kappa shape index (κ3) is 5.43. The molecule has 3 nitrogen and oxygen atoms in total. The summed E-state index contributed by atoms with van der Waals surface area (Å²) in [6.07, 6.45) is 3.41. The summed E-state index contributed by atoms with van der Waals surface area (Å²) >= 11 is 12.1. The average Bonchev–Trinajstić information content (AvgIpc) is 2.54. The van der Waals surface area contributed by atoms with E-state index in [4.69, 9.17) is 23.2 Å². The van der Waals surface area contributed by atoms with Crippen LogP contribution < -0.4 is 10.6 Å². The van der Waals surface area contributed by atoms with Gasteiger partial charge in [0.25, 0.3) is 0 Å². The molecule has 128 valence electrons. The molecule has 0 aliphatic heterocycles. The molecular formula is C19H22Cl2N2O. The maximum absolute atomic E-state index is 12.1. The highest BCUT2D eigenvalue weighted by Crippen LogP contribution is 2.26. The maximum Gasteiger partial charge on any atom is 0.319 e. The van der Waals surface area contributed by atoms with Gasteiger partial charge in [0.2, 0.25) is 0 Å². The Morgan fingerprint density at radius 2 is 1.83 bits per heavy atom. The van der Waals surface area contributed by atoms with Crippen LogP contribution in [0.2, 0.25) is 10.0 Å². The van der Waals surface area contributed by atoms with Crippen LogP contribution in [0.4, 0.5) is 10.5 Å². The number of unbranched alkanes of at least 4 members (excludes halogenated alkanes) is 1. The number of carbonyl (C=O) groups is 1. The number of aryl methyl sites for hydroxylation is 1. The molecule has 24 heavy (non-hydrogen) atoms. The third-order valence-electron chi connectivity index (χ3n) is 3.81. The van der Waals surface area contributed by atoms with Crippen LogP contribution in [0.25, 0.3) is 0 Å². The Hall–Kier alpha value is -1.71. The lowest BCUT2D eigenvalue weighted by Crippen LogP contribution is -2.31. The van der Waals surface area contributed by atoms with E-state index in [0.717, 1.165) is 17.7 Å². The fraction of sp³-hybridized carbons (Fsp3) is 0.316. The maximum atomic E-state index is 12.1. The number of benzene rings is 2. The van der Waals surface area contributed by atoms with Crippen LogP contribution in [0.15, 0.2) is 42.5 Å². The van der Waals surface area contributed by atoms with Crippen LogP contribution in [0.3, 0.4) is 0 Å². The molecule has 0 radical (unpaired) electrons. The Labute approximate surface area is 153 Å². The zero-order chi connectivity index (χ0) is 17.5. The van der Waals surface area contributed by atoms with Gasteiger partial charge < -0.3 is 10.6 Å². The van der Waals surface area contributed by atoms with Crippen molar-refractivity contribution in [2.24, 2.45) is 0 Å². The molecular weight excluding hydrogens is 343 g/mol. The lowest BCUT2D eigenvalue weighted by Gasteiger charge is -2.16. The Morgan fingerprint density at radius 1 is 1.12 bits per heavy atom. The molecule has 0 saturated carbocycles. The first-order valence-electron chi connectivity index (χ1n) is 8.11. The van der Waals surface area contributed by atoms with Crippen LogP contribution in [0, 0.1) is 0 Å². The number of hydrogen-bond acceptors (Lipinski definition) is 1. The summed E-state index contributed by atoms with van der Waals surface area (Å²) < 4.78 is 0. The van der Waals surface area contributed by atoms with Crippen molar-refractivity contribution in [1.29, 1.82) is 0 Å². The van der Waals surface area contributed by atoms with Gasteiger partial charge in [0.05, 0.1) is 6.04 Å². The van der Waals surface area contributed by atoms with Crippen molar-refractivity contribution < 1.29 is 4.79 Å². The summed E-state index contributed by atoms with van der Waals surface area (Å²) in [4.78, 5) is 12.1. The van der Waals surface area contributed by atoms with Gasteiger partial charge in [0.1, 0.15) is 0 Å². The summed E-state index contributed by atoms with van der Waals surface area (Å²) in [6.45, 7) is 4.05. The molecule has 0 heterocycles. The highest BCUT2D eigenvalue weighted by atomic mass is 35.5. The Kier molecular flexibility index (Phi) is 6.95. The lowest BCUT2D eigenvalue weighted by atomic mass is 10.1. The van der Waals surface area contributed by atoms with E-state index in [1.807, 2.05) is 37.3 Å². The summed E-state index contributed by atoms with van der Waals surface area (Å²) in [5.74, 6) is 0. The highest BCUT2D eigenvalue weighted by molar-refractivity contribution is 6.35. The third-order valence-corrected chi connectivity index (χ3v) is 4.37. The fourth-order valence-corrected chi connectivity index (χ4v) is 3.00. The van der Waals surface area contributed by atoms with Crippen molar-refractivity contribution in [2.45, 2.75) is 39.2 Å². The van der Waals surface area contributed by atoms with Crippen LogP contribution in [0.1, 0.15) is 43.9 Å². The SMILES string of the molecule is CCCCc1ccc(NC(=O)NC(C)c2ccc(Cl)cc2Cl)cc1. The zero-order valence-corrected chi connectivity index (χ0v) is 15.4. The van der Waals surface area contributed by atoms with Gasteiger partial charge in [-0.3, -0.25) is 0 Å². The summed E-state index contributed by atoms with van der Waals surface area (Å²) in [5.41, 5.74) is 2.87.